The van der Waals surface area contributed by atoms with E-state index in [2.05, 4.69) is 27.2 Å². The third-order valence-corrected chi connectivity index (χ3v) is 3.56. The van der Waals surface area contributed by atoms with Crippen molar-refractivity contribution in [2.45, 2.75) is 12.5 Å². The number of nitrogens with one attached hydrogen (secondary N) is 1. The third kappa shape index (κ3) is 2.39. The Balaban J connectivity index is 1.97. The van der Waals surface area contributed by atoms with Crippen molar-refractivity contribution in [3.63, 3.8) is 0 Å². The van der Waals surface area contributed by atoms with Crippen molar-refractivity contribution in [3.8, 4) is 0 Å². The average Bonchev–Trinajstić information content (AvgIpc) is 2.84. The van der Waals surface area contributed by atoms with Crippen LogP contribution < -0.4 is 5.32 Å². The van der Waals surface area contributed by atoms with Crippen LogP contribution in [0.15, 0.2) is 24.5 Å². The number of nitro benzene ring substituents is 1. The van der Waals surface area contributed by atoms with Crippen LogP contribution in [0.25, 0.3) is 10.9 Å². The molecule has 1 unspecified atom stereocenters. The number of fused-ring (bicyclic) bond motifs is 1. The topological polar surface area (TPSA) is 84.2 Å². The Labute approximate surface area is 115 Å². The minimum absolute atomic E-state index is 0.0545. The minimum Gasteiger partial charge on any atom is -0.365 e. The van der Waals surface area contributed by atoms with Gasteiger partial charge in [-0.05, 0) is 26.1 Å². The highest BCUT2D eigenvalue weighted by atomic mass is 16.6. The zero-order chi connectivity index (χ0) is 14.1. The molecule has 0 amide bonds. The molecule has 1 fully saturated rings. The van der Waals surface area contributed by atoms with Gasteiger partial charge in [0, 0.05) is 30.1 Å². The normalized spacial score (nSPS) is 19.4. The van der Waals surface area contributed by atoms with Gasteiger partial charge in [0.15, 0.2) is 0 Å². The van der Waals surface area contributed by atoms with Gasteiger partial charge in [0.25, 0.3) is 5.69 Å². The maximum Gasteiger partial charge on any atom is 0.270 e. The number of nitro groups is 1. The first-order valence-corrected chi connectivity index (χ1v) is 6.48. The summed E-state index contributed by atoms with van der Waals surface area (Å²) in [6, 6.07) is 4.96. The number of likely N-dealkylation sites (tertiary alicyclic amines) is 1. The molecular formula is C13H15N5O2. The Hall–Kier alpha value is -2.28. The first-order valence-electron chi connectivity index (χ1n) is 6.48. The third-order valence-electron chi connectivity index (χ3n) is 3.56. The maximum absolute atomic E-state index is 10.9. The molecule has 0 bridgehead atoms. The molecule has 0 aliphatic carbocycles. The van der Waals surface area contributed by atoms with E-state index in [0.717, 1.165) is 19.5 Å². The van der Waals surface area contributed by atoms with Gasteiger partial charge in [-0.1, -0.05) is 0 Å². The van der Waals surface area contributed by atoms with E-state index in [9.17, 15) is 10.1 Å². The van der Waals surface area contributed by atoms with Crippen molar-refractivity contribution < 1.29 is 4.92 Å². The van der Waals surface area contributed by atoms with Gasteiger partial charge < -0.3 is 10.2 Å². The standard InChI is InChI=1S/C13H15N5O2/c1-17-5-4-9(7-17)16-13-11-6-10(18(19)20)2-3-12(11)14-8-15-13/h2-3,6,8-9H,4-5,7H2,1H3,(H,14,15,16). The SMILES string of the molecule is CN1CCC(Nc2ncnc3ccc([N+](=O)[O-])cc23)C1. The van der Waals surface area contributed by atoms with Crippen molar-refractivity contribution >= 4 is 22.4 Å². The van der Waals surface area contributed by atoms with Crippen molar-refractivity contribution in [2.24, 2.45) is 0 Å². The molecule has 1 aliphatic rings. The van der Waals surface area contributed by atoms with Crippen molar-refractivity contribution in [2.75, 3.05) is 25.5 Å². The molecule has 3 rings (SSSR count). The highest BCUT2D eigenvalue weighted by Crippen LogP contribution is 2.25. The van der Waals surface area contributed by atoms with Crippen LogP contribution in [-0.4, -0.2) is 46.0 Å². The first kappa shape index (κ1) is 12.7. The van der Waals surface area contributed by atoms with Crippen LogP contribution in [-0.2, 0) is 0 Å². The second-order valence-electron chi connectivity index (χ2n) is 5.07. The Morgan fingerprint density at radius 1 is 1.45 bits per heavy atom. The fourth-order valence-electron chi connectivity index (χ4n) is 2.52. The van der Waals surface area contributed by atoms with Crippen LogP contribution in [0, 0.1) is 10.1 Å². The summed E-state index contributed by atoms with van der Waals surface area (Å²) < 4.78 is 0. The summed E-state index contributed by atoms with van der Waals surface area (Å²) in [4.78, 5) is 21.1. The van der Waals surface area contributed by atoms with Crippen LogP contribution in [0.4, 0.5) is 11.5 Å². The largest absolute Gasteiger partial charge is 0.365 e. The van der Waals surface area contributed by atoms with Gasteiger partial charge in [-0.25, -0.2) is 9.97 Å². The van der Waals surface area contributed by atoms with Gasteiger partial charge >= 0.3 is 0 Å². The van der Waals surface area contributed by atoms with E-state index in [4.69, 9.17) is 0 Å². The summed E-state index contributed by atoms with van der Waals surface area (Å²) in [5.74, 6) is 0.666. The number of hydrogen-bond acceptors (Lipinski definition) is 6. The van der Waals surface area contributed by atoms with Crippen LogP contribution in [0.2, 0.25) is 0 Å². The molecule has 0 saturated carbocycles. The highest BCUT2D eigenvalue weighted by Gasteiger charge is 2.20. The predicted molar refractivity (Wildman–Crippen MR) is 75.7 cm³/mol. The molecule has 7 nitrogen and oxygen atoms in total. The Kier molecular flexibility index (Phi) is 3.19. The summed E-state index contributed by atoms with van der Waals surface area (Å²) in [6.07, 6.45) is 2.52. The molecule has 104 valence electrons. The molecule has 7 heteroatoms. The van der Waals surface area contributed by atoms with E-state index in [-0.39, 0.29) is 5.69 Å². The number of nitrogens with zero attached hydrogens (tertiary/aromatic N) is 4. The van der Waals surface area contributed by atoms with E-state index in [1.807, 2.05) is 0 Å². The van der Waals surface area contributed by atoms with Crippen molar-refractivity contribution in [1.29, 1.82) is 0 Å². The number of hydrogen-bond donors (Lipinski definition) is 1. The lowest BCUT2D eigenvalue weighted by Crippen LogP contribution is -2.24. The van der Waals surface area contributed by atoms with Gasteiger partial charge in [0.2, 0.25) is 0 Å². The number of rotatable bonds is 3. The molecule has 1 aromatic heterocycles. The number of likely N-dealkylation sites (N-methyl/N-ethyl adjacent to an activating group) is 1. The molecule has 1 atom stereocenters. The highest BCUT2D eigenvalue weighted by molar-refractivity contribution is 5.90. The lowest BCUT2D eigenvalue weighted by atomic mass is 10.2. The van der Waals surface area contributed by atoms with Crippen LogP contribution in [0.5, 0.6) is 0 Å². The predicted octanol–water partition coefficient (Wildman–Crippen LogP) is 1.65. The fraction of sp³-hybridized carbons (Fsp3) is 0.385. The monoisotopic (exact) mass is 273 g/mol. The number of benzene rings is 1. The molecule has 2 aromatic rings. The van der Waals surface area contributed by atoms with Gasteiger partial charge in [0.05, 0.1) is 10.4 Å². The van der Waals surface area contributed by atoms with Crippen molar-refractivity contribution in [1.82, 2.24) is 14.9 Å². The van der Waals surface area contributed by atoms with Crippen LogP contribution in [0.1, 0.15) is 6.42 Å². The van der Waals surface area contributed by atoms with E-state index in [0.29, 0.717) is 22.8 Å². The molecule has 0 spiro atoms. The molecular weight excluding hydrogens is 258 g/mol. The van der Waals surface area contributed by atoms with Crippen LogP contribution in [0.3, 0.4) is 0 Å². The summed E-state index contributed by atoms with van der Waals surface area (Å²) >= 11 is 0. The molecule has 1 saturated heterocycles. The van der Waals surface area contributed by atoms with E-state index < -0.39 is 4.92 Å². The van der Waals surface area contributed by atoms with Gasteiger partial charge in [-0.15, -0.1) is 0 Å². The summed E-state index contributed by atoms with van der Waals surface area (Å²) in [5, 5.41) is 14.9. The summed E-state index contributed by atoms with van der Waals surface area (Å²) in [5.41, 5.74) is 0.762. The summed E-state index contributed by atoms with van der Waals surface area (Å²) in [7, 11) is 2.07. The number of aromatic nitrogens is 2. The molecule has 1 aromatic carbocycles. The zero-order valence-corrected chi connectivity index (χ0v) is 11.1. The molecule has 1 N–H and O–H groups in total. The minimum atomic E-state index is -0.403. The second-order valence-corrected chi connectivity index (χ2v) is 5.07. The zero-order valence-electron chi connectivity index (χ0n) is 11.1. The lowest BCUT2D eigenvalue weighted by molar-refractivity contribution is -0.384. The lowest BCUT2D eigenvalue weighted by Gasteiger charge is -2.14. The Morgan fingerprint density at radius 2 is 2.30 bits per heavy atom. The first-order chi connectivity index (χ1) is 9.63. The van der Waals surface area contributed by atoms with E-state index in [1.165, 1.54) is 18.5 Å². The smallest absolute Gasteiger partial charge is 0.270 e. The number of anilines is 1. The fourth-order valence-corrected chi connectivity index (χ4v) is 2.52. The Morgan fingerprint density at radius 3 is 3.00 bits per heavy atom. The summed E-state index contributed by atoms with van der Waals surface area (Å²) in [6.45, 7) is 1.99. The van der Waals surface area contributed by atoms with Gasteiger partial charge in [-0.3, -0.25) is 10.1 Å². The van der Waals surface area contributed by atoms with Gasteiger partial charge in [0.1, 0.15) is 12.1 Å². The van der Waals surface area contributed by atoms with Crippen molar-refractivity contribution in [3.05, 3.63) is 34.6 Å². The Bertz CT molecular complexity index is 660. The molecule has 2 heterocycles. The van der Waals surface area contributed by atoms with E-state index in [1.54, 1.807) is 6.07 Å². The van der Waals surface area contributed by atoms with Crippen LogP contribution >= 0.6 is 0 Å². The molecule has 20 heavy (non-hydrogen) atoms. The second kappa shape index (κ2) is 5.01. The molecule has 1 aliphatic heterocycles. The maximum atomic E-state index is 10.9. The molecule has 0 radical (unpaired) electrons. The quantitative estimate of drug-likeness (QED) is 0.676. The van der Waals surface area contributed by atoms with E-state index >= 15 is 0 Å². The average molecular weight is 273 g/mol. The van der Waals surface area contributed by atoms with Gasteiger partial charge in [-0.2, -0.15) is 0 Å². The number of non-ortho nitro benzene ring substituents is 1.